The Morgan fingerprint density at radius 3 is 1.74 bits per heavy atom. The van der Waals surface area contributed by atoms with Gasteiger partial charge in [-0.1, -0.05) is 27.7 Å². The number of Topliss-reactive ketones (excluding diaryl/α,β-unsaturated/α-hetero) is 1. The number of rotatable bonds is 3. The number of ketones is 1. The van der Waals surface area contributed by atoms with Gasteiger partial charge >= 0.3 is 0 Å². The maximum absolute atomic E-state index is 10.8. The zero-order valence-corrected chi connectivity index (χ0v) is 14.1. The first-order valence-corrected chi connectivity index (χ1v) is 7.40. The normalized spacial score (nSPS) is 10.0. The highest BCUT2D eigenvalue weighted by molar-refractivity contribution is 5.91. The predicted molar refractivity (Wildman–Crippen MR) is 87.0 cm³/mol. The van der Waals surface area contributed by atoms with E-state index in [1.165, 1.54) is 19.3 Å². The Kier molecular flexibility index (Phi) is 6.94. The van der Waals surface area contributed by atoms with Crippen LogP contribution in [0.2, 0.25) is 0 Å². The zero-order chi connectivity index (χ0) is 17.4. The summed E-state index contributed by atoms with van der Waals surface area (Å²) in [6.07, 6.45) is 6.32. The minimum absolute atomic E-state index is 0.0437. The first-order chi connectivity index (χ1) is 10.8. The molecule has 0 aliphatic rings. The van der Waals surface area contributed by atoms with Crippen LogP contribution in [0, 0.1) is 11.3 Å². The van der Waals surface area contributed by atoms with Gasteiger partial charge in [0.25, 0.3) is 0 Å². The van der Waals surface area contributed by atoms with Gasteiger partial charge < -0.3 is 0 Å². The Labute approximate surface area is 136 Å². The zero-order valence-electron chi connectivity index (χ0n) is 14.1. The van der Waals surface area contributed by atoms with E-state index in [1.54, 1.807) is 12.4 Å². The van der Waals surface area contributed by atoms with E-state index in [4.69, 9.17) is 5.26 Å². The van der Waals surface area contributed by atoms with E-state index in [2.05, 4.69) is 19.9 Å². The number of aromatic nitrogens is 4. The third-order valence-corrected chi connectivity index (χ3v) is 3.00. The van der Waals surface area contributed by atoms with Crippen LogP contribution in [-0.2, 0) is 0 Å². The number of carbonyl (C=O) groups excluding carboxylic acids is 1. The van der Waals surface area contributed by atoms with E-state index in [-0.39, 0.29) is 5.78 Å². The van der Waals surface area contributed by atoms with Crippen molar-refractivity contribution >= 4 is 5.78 Å². The number of nitrogens with zero attached hydrogens (tertiary/aromatic N) is 5. The maximum atomic E-state index is 10.8. The third-order valence-electron chi connectivity index (χ3n) is 3.00. The van der Waals surface area contributed by atoms with Crippen LogP contribution in [0.4, 0.5) is 0 Å². The van der Waals surface area contributed by atoms with Crippen molar-refractivity contribution in [1.29, 1.82) is 5.26 Å². The summed E-state index contributed by atoms with van der Waals surface area (Å²) in [4.78, 5) is 26.9. The topological polar surface area (TPSA) is 92.4 Å². The van der Waals surface area contributed by atoms with Crippen molar-refractivity contribution in [1.82, 2.24) is 19.9 Å². The summed E-state index contributed by atoms with van der Waals surface area (Å²) < 4.78 is 0. The summed E-state index contributed by atoms with van der Waals surface area (Å²) in [5.74, 6) is 0.687. The van der Waals surface area contributed by atoms with Crippen LogP contribution in [-0.4, -0.2) is 25.7 Å². The van der Waals surface area contributed by atoms with Gasteiger partial charge in [0, 0.05) is 13.1 Å². The van der Waals surface area contributed by atoms with Gasteiger partial charge in [-0.3, -0.25) is 14.8 Å². The lowest BCUT2D eigenvalue weighted by atomic mass is 10.1. The Balaban J connectivity index is 0.000000231. The van der Waals surface area contributed by atoms with Gasteiger partial charge in [-0.15, -0.1) is 0 Å². The number of hydrogen-bond donors (Lipinski definition) is 0. The molecule has 2 aromatic rings. The molecule has 0 amide bonds. The molecule has 0 spiro atoms. The second-order valence-electron chi connectivity index (χ2n) is 5.63. The SMILES string of the molecule is CC(=O)c1cnc(C(C)C)cn1.CC(C)c1cnc(C#N)cn1. The van der Waals surface area contributed by atoms with Gasteiger partial charge in [0.2, 0.25) is 0 Å². The monoisotopic (exact) mass is 311 g/mol. The molecule has 6 nitrogen and oxygen atoms in total. The molecule has 0 aliphatic carbocycles. The van der Waals surface area contributed by atoms with E-state index in [1.807, 2.05) is 33.8 Å². The fourth-order valence-corrected chi connectivity index (χ4v) is 1.51. The van der Waals surface area contributed by atoms with Gasteiger partial charge in [-0.2, -0.15) is 5.26 Å². The van der Waals surface area contributed by atoms with Crippen molar-refractivity contribution in [3.05, 3.63) is 47.6 Å². The molecule has 0 aromatic carbocycles. The van der Waals surface area contributed by atoms with Crippen LogP contribution >= 0.6 is 0 Å². The lowest BCUT2D eigenvalue weighted by Gasteiger charge is -2.02. The molecule has 23 heavy (non-hydrogen) atoms. The average molecular weight is 311 g/mol. The minimum atomic E-state index is -0.0437. The van der Waals surface area contributed by atoms with Crippen molar-refractivity contribution in [3.63, 3.8) is 0 Å². The van der Waals surface area contributed by atoms with Gasteiger partial charge in [0.1, 0.15) is 11.8 Å². The highest BCUT2D eigenvalue weighted by Gasteiger charge is 2.04. The molecule has 0 N–H and O–H groups in total. The third kappa shape index (κ3) is 5.91. The van der Waals surface area contributed by atoms with Crippen molar-refractivity contribution in [3.8, 4) is 6.07 Å². The largest absolute Gasteiger partial charge is 0.293 e. The molecule has 0 saturated carbocycles. The lowest BCUT2D eigenvalue weighted by Crippen LogP contribution is -2.00. The molecular weight excluding hydrogens is 290 g/mol. The Morgan fingerprint density at radius 2 is 1.43 bits per heavy atom. The molecule has 2 aromatic heterocycles. The Hall–Kier alpha value is -2.68. The molecule has 120 valence electrons. The molecule has 0 unspecified atom stereocenters. The van der Waals surface area contributed by atoms with Gasteiger partial charge in [0.05, 0.1) is 30.0 Å². The second kappa shape index (κ2) is 8.69. The quantitative estimate of drug-likeness (QED) is 0.808. The Bertz CT molecular complexity index is 670. The molecular formula is C17H21N5O. The van der Waals surface area contributed by atoms with E-state index >= 15 is 0 Å². The summed E-state index contributed by atoms with van der Waals surface area (Å²) in [7, 11) is 0. The molecule has 0 fully saturated rings. The van der Waals surface area contributed by atoms with Gasteiger partial charge in [-0.05, 0) is 11.8 Å². The van der Waals surface area contributed by atoms with Crippen LogP contribution in [0.1, 0.15) is 74.0 Å². The highest BCUT2D eigenvalue weighted by Crippen LogP contribution is 2.09. The molecule has 6 heteroatoms. The van der Waals surface area contributed by atoms with Crippen molar-refractivity contribution in [2.45, 2.75) is 46.5 Å². The van der Waals surface area contributed by atoms with Gasteiger partial charge in [0.15, 0.2) is 11.5 Å². The fraction of sp³-hybridized carbons (Fsp3) is 0.412. The molecule has 2 heterocycles. The number of nitriles is 1. The summed E-state index contributed by atoms with van der Waals surface area (Å²) >= 11 is 0. The molecule has 0 atom stereocenters. The Morgan fingerprint density at radius 1 is 0.913 bits per heavy atom. The van der Waals surface area contributed by atoms with Crippen molar-refractivity contribution < 1.29 is 4.79 Å². The molecule has 2 rings (SSSR count). The fourth-order valence-electron chi connectivity index (χ4n) is 1.51. The summed E-state index contributed by atoms with van der Waals surface area (Å²) in [5.41, 5.74) is 2.64. The predicted octanol–water partition coefficient (Wildman–Crippen LogP) is 3.27. The summed E-state index contributed by atoms with van der Waals surface area (Å²) in [5, 5.41) is 8.41. The molecule has 0 saturated heterocycles. The van der Waals surface area contributed by atoms with Crippen LogP contribution in [0.5, 0.6) is 0 Å². The van der Waals surface area contributed by atoms with E-state index < -0.39 is 0 Å². The van der Waals surface area contributed by atoms with E-state index in [0.29, 0.717) is 23.2 Å². The van der Waals surface area contributed by atoms with Crippen LogP contribution < -0.4 is 0 Å². The number of hydrogen-bond acceptors (Lipinski definition) is 6. The van der Waals surface area contributed by atoms with Gasteiger partial charge in [-0.25, -0.2) is 9.97 Å². The average Bonchev–Trinajstić information content (AvgIpc) is 2.55. The lowest BCUT2D eigenvalue weighted by molar-refractivity contribution is 0.101. The minimum Gasteiger partial charge on any atom is -0.293 e. The standard InChI is InChI=1S/C9H12N2O.C8H9N3/c1-6(2)8-4-11-9(5-10-8)7(3)12;1-6(2)8-5-10-7(3-9)4-11-8/h4-6H,1-3H3;4-6H,1-2H3. The summed E-state index contributed by atoms with van der Waals surface area (Å²) in [6, 6.07) is 1.92. The second-order valence-corrected chi connectivity index (χ2v) is 5.63. The van der Waals surface area contributed by atoms with Crippen LogP contribution in [0.3, 0.4) is 0 Å². The first-order valence-electron chi connectivity index (χ1n) is 7.40. The van der Waals surface area contributed by atoms with Crippen molar-refractivity contribution in [2.75, 3.05) is 0 Å². The van der Waals surface area contributed by atoms with E-state index in [0.717, 1.165) is 11.4 Å². The van der Waals surface area contributed by atoms with Crippen molar-refractivity contribution in [2.24, 2.45) is 0 Å². The first kappa shape index (κ1) is 18.4. The maximum Gasteiger partial charge on any atom is 0.179 e. The summed E-state index contributed by atoms with van der Waals surface area (Å²) in [6.45, 7) is 9.64. The van der Waals surface area contributed by atoms with Crippen LogP contribution in [0.15, 0.2) is 24.8 Å². The van der Waals surface area contributed by atoms with E-state index in [9.17, 15) is 4.79 Å². The highest BCUT2D eigenvalue weighted by atomic mass is 16.1. The number of carbonyl (C=O) groups is 1. The smallest absolute Gasteiger partial charge is 0.179 e. The molecule has 0 aliphatic heterocycles. The van der Waals surface area contributed by atoms with Crippen LogP contribution in [0.25, 0.3) is 0 Å². The molecule has 0 bridgehead atoms. The molecule has 0 radical (unpaired) electrons.